The van der Waals surface area contributed by atoms with Crippen LogP contribution in [0.3, 0.4) is 0 Å². The predicted molar refractivity (Wildman–Crippen MR) is 103 cm³/mol. The number of nitrogens with zero attached hydrogens (tertiary/aromatic N) is 1. The van der Waals surface area contributed by atoms with Crippen LogP contribution in [-0.4, -0.2) is 37.7 Å². The molecule has 0 bridgehead atoms. The van der Waals surface area contributed by atoms with E-state index in [1.807, 2.05) is 29.2 Å². The highest BCUT2D eigenvalue weighted by Crippen LogP contribution is 2.30. The molecule has 1 fully saturated rings. The molecule has 26 heavy (non-hydrogen) atoms. The van der Waals surface area contributed by atoms with E-state index in [1.54, 1.807) is 26.4 Å². The minimum atomic E-state index is -0.0575. The first kappa shape index (κ1) is 18.1. The smallest absolute Gasteiger partial charge is 0.322 e. The summed E-state index contributed by atoms with van der Waals surface area (Å²) >= 11 is 0. The number of methoxy groups -OCH3 is 2. The molecule has 1 saturated heterocycles. The maximum absolute atomic E-state index is 12.9. The first-order valence-electron chi connectivity index (χ1n) is 9.05. The van der Waals surface area contributed by atoms with Gasteiger partial charge in [-0.05, 0) is 43.4 Å². The van der Waals surface area contributed by atoms with E-state index >= 15 is 0 Å². The van der Waals surface area contributed by atoms with E-state index in [1.165, 1.54) is 5.56 Å². The van der Waals surface area contributed by atoms with Gasteiger partial charge in [0.2, 0.25) is 0 Å². The zero-order valence-corrected chi connectivity index (χ0v) is 15.4. The van der Waals surface area contributed by atoms with E-state index in [-0.39, 0.29) is 12.1 Å². The molecule has 2 amide bonds. The van der Waals surface area contributed by atoms with E-state index in [4.69, 9.17) is 9.47 Å². The number of hydrogen-bond donors (Lipinski definition) is 1. The molecule has 1 aliphatic heterocycles. The van der Waals surface area contributed by atoms with Crippen molar-refractivity contribution in [3.8, 4) is 11.5 Å². The second kappa shape index (κ2) is 8.61. The quantitative estimate of drug-likeness (QED) is 0.869. The van der Waals surface area contributed by atoms with Gasteiger partial charge in [0.25, 0.3) is 0 Å². The highest BCUT2D eigenvalue weighted by Gasteiger charge is 2.27. The third-order valence-electron chi connectivity index (χ3n) is 4.84. The SMILES string of the molecule is COc1ccc(NC(=O)N2CCCC[C@@H]2Cc2ccccc2)cc1OC. The molecule has 0 spiro atoms. The van der Waals surface area contributed by atoms with Crippen molar-refractivity contribution in [2.45, 2.75) is 31.7 Å². The Kier molecular flexibility index (Phi) is 6.00. The second-order valence-corrected chi connectivity index (χ2v) is 6.53. The van der Waals surface area contributed by atoms with Crippen molar-refractivity contribution in [3.63, 3.8) is 0 Å². The average molecular weight is 354 g/mol. The zero-order chi connectivity index (χ0) is 18.4. The van der Waals surface area contributed by atoms with Crippen LogP contribution < -0.4 is 14.8 Å². The molecule has 5 nitrogen and oxygen atoms in total. The number of hydrogen-bond acceptors (Lipinski definition) is 3. The Balaban J connectivity index is 1.70. The molecule has 1 N–H and O–H groups in total. The Bertz CT molecular complexity index is 733. The Morgan fingerprint density at radius 2 is 1.85 bits per heavy atom. The maximum Gasteiger partial charge on any atom is 0.322 e. The number of amides is 2. The molecule has 138 valence electrons. The van der Waals surface area contributed by atoms with Gasteiger partial charge >= 0.3 is 6.03 Å². The van der Waals surface area contributed by atoms with Crippen molar-refractivity contribution in [1.29, 1.82) is 0 Å². The molecule has 2 aromatic rings. The van der Waals surface area contributed by atoms with E-state index < -0.39 is 0 Å². The lowest BCUT2D eigenvalue weighted by Gasteiger charge is -2.36. The summed E-state index contributed by atoms with van der Waals surface area (Å²) in [4.78, 5) is 14.8. The molecule has 1 aliphatic rings. The Morgan fingerprint density at radius 1 is 1.08 bits per heavy atom. The molecule has 5 heteroatoms. The van der Waals surface area contributed by atoms with Crippen molar-refractivity contribution >= 4 is 11.7 Å². The lowest BCUT2D eigenvalue weighted by atomic mass is 9.96. The van der Waals surface area contributed by atoms with Gasteiger partial charge in [-0.15, -0.1) is 0 Å². The molecule has 1 atom stereocenters. The summed E-state index contributed by atoms with van der Waals surface area (Å²) in [6, 6.07) is 15.9. The van der Waals surface area contributed by atoms with Crippen LogP contribution in [0.4, 0.5) is 10.5 Å². The Hall–Kier alpha value is -2.69. The van der Waals surface area contributed by atoms with Crippen LogP contribution in [0.1, 0.15) is 24.8 Å². The minimum Gasteiger partial charge on any atom is -0.493 e. The van der Waals surface area contributed by atoms with Crippen molar-refractivity contribution < 1.29 is 14.3 Å². The summed E-state index contributed by atoms with van der Waals surface area (Å²) in [5, 5.41) is 3.00. The summed E-state index contributed by atoms with van der Waals surface area (Å²) < 4.78 is 10.6. The summed E-state index contributed by atoms with van der Waals surface area (Å²) in [5.74, 6) is 1.25. The molecule has 0 saturated carbocycles. The molecule has 0 radical (unpaired) electrons. The zero-order valence-electron chi connectivity index (χ0n) is 15.4. The van der Waals surface area contributed by atoms with Crippen LogP contribution in [0, 0.1) is 0 Å². The number of benzene rings is 2. The van der Waals surface area contributed by atoms with Gasteiger partial charge in [-0.1, -0.05) is 30.3 Å². The number of anilines is 1. The molecule has 3 rings (SSSR count). The summed E-state index contributed by atoms with van der Waals surface area (Å²) in [7, 11) is 3.18. The van der Waals surface area contributed by atoms with Crippen molar-refractivity contribution in [3.05, 3.63) is 54.1 Å². The minimum absolute atomic E-state index is 0.0575. The molecule has 0 aromatic heterocycles. The van der Waals surface area contributed by atoms with Gasteiger partial charge in [0.05, 0.1) is 14.2 Å². The van der Waals surface area contributed by atoms with Crippen LogP contribution in [0.5, 0.6) is 11.5 Å². The number of urea groups is 1. The fourth-order valence-electron chi connectivity index (χ4n) is 3.48. The Labute approximate surface area is 154 Å². The average Bonchev–Trinajstić information content (AvgIpc) is 2.69. The van der Waals surface area contributed by atoms with Crippen molar-refractivity contribution in [2.24, 2.45) is 0 Å². The normalized spacial score (nSPS) is 16.8. The summed E-state index contributed by atoms with van der Waals surface area (Å²) in [5.41, 5.74) is 1.97. The van der Waals surface area contributed by atoms with Crippen molar-refractivity contribution in [2.75, 3.05) is 26.1 Å². The lowest BCUT2D eigenvalue weighted by molar-refractivity contribution is 0.162. The van der Waals surface area contributed by atoms with Gasteiger partial charge < -0.3 is 19.7 Å². The van der Waals surface area contributed by atoms with E-state index in [9.17, 15) is 4.79 Å². The highest BCUT2D eigenvalue weighted by atomic mass is 16.5. The van der Waals surface area contributed by atoms with Gasteiger partial charge in [-0.25, -0.2) is 4.79 Å². The third-order valence-corrected chi connectivity index (χ3v) is 4.84. The Morgan fingerprint density at radius 3 is 2.58 bits per heavy atom. The number of ether oxygens (including phenoxy) is 2. The fraction of sp³-hybridized carbons (Fsp3) is 0.381. The first-order valence-corrected chi connectivity index (χ1v) is 9.05. The summed E-state index contributed by atoms with van der Waals surface area (Å²) in [6.07, 6.45) is 4.14. The molecular formula is C21H26N2O3. The standard InChI is InChI=1S/C21H26N2O3/c1-25-19-12-11-17(15-20(19)26-2)22-21(24)23-13-7-6-10-18(23)14-16-8-4-3-5-9-16/h3-5,8-9,11-12,15,18H,6-7,10,13-14H2,1-2H3,(H,22,24)/t18-/m1/s1. The van der Waals surface area contributed by atoms with Crippen LogP contribution in [0.25, 0.3) is 0 Å². The van der Waals surface area contributed by atoms with E-state index in [0.717, 1.165) is 32.2 Å². The van der Waals surface area contributed by atoms with Crippen LogP contribution >= 0.6 is 0 Å². The molecule has 0 aliphatic carbocycles. The topological polar surface area (TPSA) is 50.8 Å². The van der Waals surface area contributed by atoms with E-state index in [2.05, 4.69) is 17.4 Å². The van der Waals surface area contributed by atoms with Gasteiger partial charge in [-0.2, -0.15) is 0 Å². The number of carbonyl (C=O) groups excluding carboxylic acids is 1. The molecule has 0 unspecified atom stereocenters. The van der Waals surface area contributed by atoms with Gasteiger partial charge in [0.15, 0.2) is 11.5 Å². The fourth-order valence-corrected chi connectivity index (χ4v) is 3.48. The van der Waals surface area contributed by atoms with Gasteiger partial charge in [0, 0.05) is 24.3 Å². The lowest BCUT2D eigenvalue weighted by Crippen LogP contribution is -2.46. The molecule has 1 heterocycles. The number of rotatable bonds is 5. The number of likely N-dealkylation sites (tertiary alicyclic amines) is 1. The third kappa shape index (κ3) is 4.28. The molecule has 2 aromatic carbocycles. The molecular weight excluding hydrogens is 328 g/mol. The van der Waals surface area contributed by atoms with Gasteiger partial charge in [0.1, 0.15) is 0 Å². The maximum atomic E-state index is 12.9. The van der Waals surface area contributed by atoms with Gasteiger partial charge in [-0.3, -0.25) is 0 Å². The number of piperidine rings is 1. The predicted octanol–water partition coefficient (Wildman–Crippen LogP) is 4.33. The highest BCUT2D eigenvalue weighted by molar-refractivity contribution is 5.90. The summed E-state index contributed by atoms with van der Waals surface area (Å²) in [6.45, 7) is 0.788. The first-order chi connectivity index (χ1) is 12.7. The van der Waals surface area contributed by atoms with Crippen LogP contribution in [0.2, 0.25) is 0 Å². The largest absolute Gasteiger partial charge is 0.493 e. The monoisotopic (exact) mass is 354 g/mol. The van der Waals surface area contributed by atoms with Crippen LogP contribution in [0.15, 0.2) is 48.5 Å². The van der Waals surface area contributed by atoms with Crippen molar-refractivity contribution in [1.82, 2.24) is 4.90 Å². The number of nitrogens with one attached hydrogen (secondary N) is 1. The second-order valence-electron chi connectivity index (χ2n) is 6.53. The van der Waals surface area contributed by atoms with Crippen LogP contribution in [-0.2, 0) is 6.42 Å². The van der Waals surface area contributed by atoms with E-state index in [0.29, 0.717) is 17.2 Å². The number of carbonyl (C=O) groups is 1.